The van der Waals surface area contributed by atoms with Crippen LogP contribution in [-0.4, -0.2) is 18.5 Å². The number of anilines is 2. The number of nitrogen functional groups attached to an aromatic ring is 1. The van der Waals surface area contributed by atoms with Crippen molar-refractivity contribution in [2.24, 2.45) is 5.41 Å². The van der Waals surface area contributed by atoms with Crippen LogP contribution in [0.3, 0.4) is 0 Å². The second-order valence-electron chi connectivity index (χ2n) is 5.38. The molecular formula is C14H17N3O2. The fraction of sp³-hybridized carbons (Fsp3) is 0.429. The molecule has 0 radical (unpaired) electrons. The van der Waals surface area contributed by atoms with Crippen molar-refractivity contribution in [2.45, 2.75) is 25.7 Å². The highest BCUT2D eigenvalue weighted by atomic mass is 16.2. The first-order valence-corrected chi connectivity index (χ1v) is 6.60. The Morgan fingerprint density at radius 1 is 1.21 bits per heavy atom. The SMILES string of the molecule is Nc1cccc(N2C(=O)NCC3(CCCC3)C2=O)c1. The van der Waals surface area contributed by atoms with Gasteiger partial charge in [0.25, 0.3) is 0 Å². The van der Waals surface area contributed by atoms with Gasteiger partial charge in [0.15, 0.2) is 0 Å². The van der Waals surface area contributed by atoms with E-state index in [0.717, 1.165) is 25.7 Å². The van der Waals surface area contributed by atoms with Gasteiger partial charge in [-0.3, -0.25) is 4.79 Å². The van der Waals surface area contributed by atoms with Gasteiger partial charge in [-0.15, -0.1) is 0 Å². The summed E-state index contributed by atoms with van der Waals surface area (Å²) in [5, 5.41) is 2.84. The predicted octanol–water partition coefficient (Wildman–Crippen LogP) is 1.89. The zero-order chi connectivity index (χ0) is 13.5. The van der Waals surface area contributed by atoms with E-state index in [0.29, 0.717) is 17.9 Å². The Hall–Kier alpha value is -2.04. The third-order valence-electron chi connectivity index (χ3n) is 4.13. The van der Waals surface area contributed by atoms with E-state index in [1.807, 2.05) is 0 Å². The molecule has 0 atom stereocenters. The van der Waals surface area contributed by atoms with Crippen LogP contribution in [0.4, 0.5) is 16.2 Å². The van der Waals surface area contributed by atoms with E-state index in [4.69, 9.17) is 5.73 Å². The summed E-state index contributed by atoms with van der Waals surface area (Å²) in [6, 6.07) is 6.53. The monoisotopic (exact) mass is 259 g/mol. The third-order valence-corrected chi connectivity index (χ3v) is 4.13. The van der Waals surface area contributed by atoms with Crippen LogP contribution < -0.4 is 16.0 Å². The molecule has 1 spiro atoms. The highest BCUT2D eigenvalue weighted by Crippen LogP contribution is 2.42. The number of urea groups is 1. The minimum absolute atomic E-state index is 0.0839. The van der Waals surface area contributed by atoms with Gasteiger partial charge in [-0.25, -0.2) is 9.69 Å². The summed E-state index contributed by atoms with van der Waals surface area (Å²) >= 11 is 0. The summed E-state index contributed by atoms with van der Waals surface area (Å²) < 4.78 is 0. The van der Waals surface area contributed by atoms with E-state index in [1.165, 1.54) is 4.90 Å². The molecular weight excluding hydrogens is 242 g/mol. The number of nitrogens with zero attached hydrogens (tertiary/aromatic N) is 1. The predicted molar refractivity (Wildman–Crippen MR) is 72.6 cm³/mol. The second-order valence-corrected chi connectivity index (χ2v) is 5.38. The maximum atomic E-state index is 12.7. The number of imide groups is 1. The zero-order valence-electron chi connectivity index (χ0n) is 10.7. The molecule has 0 aromatic heterocycles. The molecule has 19 heavy (non-hydrogen) atoms. The average Bonchev–Trinajstić information content (AvgIpc) is 2.85. The quantitative estimate of drug-likeness (QED) is 0.756. The summed E-state index contributed by atoms with van der Waals surface area (Å²) in [7, 11) is 0. The molecule has 5 heteroatoms. The van der Waals surface area contributed by atoms with Crippen LogP contribution in [0.2, 0.25) is 0 Å². The Morgan fingerprint density at radius 3 is 2.63 bits per heavy atom. The lowest BCUT2D eigenvalue weighted by atomic mass is 9.83. The van der Waals surface area contributed by atoms with Crippen molar-refractivity contribution < 1.29 is 9.59 Å². The van der Waals surface area contributed by atoms with Crippen molar-refractivity contribution in [3.8, 4) is 0 Å². The Kier molecular flexibility index (Phi) is 2.69. The van der Waals surface area contributed by atoms with Crippen LogP contribution in [-0.2, 0) is 4.79 Å². The Bertz CT molecular complexity index is 535. The topological polar surface area (TPSA) is 75.4 Å². The van der Waals surface area contributed by atoms with Gasteiger partial charge in [0, 0.05) is 12.2 Å². The Balaban J connectivity index is 1.98. The highest BCUT2D eigenvalue weighted by molar-refractivity contribution is 6.18. The second kappa shape index (κ2) is 4.26. The maximum absolute atomic E-state index is 12.7. The molecule has 2 fully saturated rings. The first-order valence-electron chi connectivity index (χ1n) is 6.60. The molecule has 1 aromatic rings. The Labute approximate surface area is 111 Å². The summed E-state index contributed by atoms with van der Waals surface area (Å²) in [5.74, 6) is -0.0839. The molecule has 3 rings (SSSR count). The molecule has 1 aromatic carbocycles. The number of carbonyl (C=O) groups is 2. The van der Waals surface area contributed by atoms with Crippen molar-refractivity contribution >= 4 is 23.3 Å². The molecule has 1 aliphatic heterocycles. The lowest BCUT2D eigenvalue weighted by Crippen LogP contribution is -2.60. The lowest BCUT2D eigenvalue weighted by Gasteiger charge is -2.38. The van der Waals surface area contributed by atoms with Crippen molar-refractivity contribution in [3.05, 3.63) is 24.3 Å². The molecule has 1 saturated heterocycles. The van der Waals surface area contributed by atoms with Crippen molar-refractivity contribution in [1.82, 2.24) is 5.32 Å². The molecule has 1 heterocycles. The number of amides is 3. The molecule has 1 aliphatic carbocycles. The number of benzene rings is 1. The van der Waals surface area contributed by atoms with Gasteiger partial charge in [-0.1, -0.05) is 18.9 Å². The molecule has 100 valence electrons. The molecule has 2 aliphatic rings. The van der Waals surface area contributed by atoms with Crippen LogP contribution in [0.15, 0.2) is 24.3 Å². The van der Waals surface area contributed by atoms with Crippen LogP contribution in [0.25, 0.3) is 0 Å². The Morgan fingerprint density at radius 2 is 1.95 bits per heavy atom. The highest BCUT2D eigenvalue weighted by Gasteiger charge is 2.49. The lowest BCUT2D eigenvalue weighted by molar-refractivity contribution is -0.127. The number of nitrogens with one attached hydrogen (secondary N) is 1. The molecule has 5 nitrogen and oxygen atoms in total. The summed E-state index contributed by atoms with van der Waals surface area (Å²) in [4.78, 5) is 25.9. The van der Waals surface area contributed by atoms with Crippen molar-refractivity contribution in [1.29, 1.82) is 0 Å². The van der Waals surface area contributed by atoms with E-state index in [-0.39, 0.29) is 11.9 Å². The summed E-state index contributed by atoms with van der Waals surface area (Å²) in [6.45, 7) is 0.462. The number of carbonyl (C=O) groups excluding carboxylic acids is 2. The van der Waals surface area contributed by atoms with Crippen molar-refractivity contribution in [2.75, 3.05) is 17.2 Å². The van der Waals surface area contributed by atoms with Crippen LogP contribution in [0.1, 0.15) is 25.7 Å². The fourth-order valence-corrected chi connectivity index (χ4v) is 3.07. The largest absolute Gasteiger partial charge is 0.399 e. The molecule has 0 unspecified atom stereocenters. The normalized spacial score (nSPS) is 21.8. The smallest absolute Gasteiger partial charge is 0.328 e. The van der Waals surface area contributed by atoms with Gasteiger partial charge in [-0.2, -0.15) is 0 Å². The first-order chi connectivity index (χ1) is 9.12. The standard InChI is InChI=1S/C14H17N3O2/c15-10-4-3-5-11(8-10)17-12(18)14(6-1-2-7-14)9-16-13(17)19/h3-5,8H,1-2,6-7,9,15H2,(H,16,19). The van der Waals surface area contributed by atoms with E-state index in [9.17, 15) is 9.59 Å². The molecule has 3 N–H and O–H groups in total. The van der Waals surface area contributed by atoms with Crippen molar-refractivity contribution in [3.63, 3.8) is 0 Å². The van der Waals surface area contributed by atoms with E-state index < -0.39 is 5.41 Å². The minimum Gasteiger partial charge on any atom is -0.399 e. The minimum atomic E-state index is -0.404. The van der Waals surface area contributed by atoms with E-state index >= 15 is 0 Å². The number of hydrogen-bond acceptors (Lipinski definition) is 3. The summed E-state index contributed by atoms with van der Waals surface area (Å²) in [6.07, 6.45) is 3.80. The average molecular weight is 259 g/mol. The zero-order valence-corrected chi connectivity index (χ0v) is 10.7. The third kappa shape index (κ3) is 1.85. The van der Waals surface area contributed by atoms with Crippen LogP contribution in [0, 0.1) is 5.41 Å². The summed E-state index contributed by atoms with van der Waals surface area (Å²) in [5.41, 5.74) is 6.42. The van der Waals surface area contributed by atoms with Gasteiger partial charge in [0.2, 0.25) is 5.91 Å². The fourth-order valence-electron chi connectivity index (χ4n) is 3.07. The van der Waals surface area contributed by atoms with Crippen LogP contribution >= 0.6 is 0 Å². The van der Waals surface area contributed by atoms with E-state index in [1.54, 1.807) is 24.3 Å². The van der Waals surface area contributed by atoms with E-state index in [2.05, 4.69) is 5.32 Å². The maximum Gasteiger partial charge on any atom is 0.328 e. The molecule has 3 amide bonds. The first kappa shape index (κ1) is 12.0. The van der Waals surface area contributed by atoms with Gasteiger partial charge >= 0.3 is 6.03 Å². The van der Waals surface area contributed by atoms with Gasteiger partial charge < -0.3 is 11.1 Å². The molecule has 1 saturated carbocycles. The van der Waals surface area contributed by atoms with Gasteiger partial charge in [-0.05, 0) is 31.0 Å². The molecule has 0 bridgehead atoms. The van der Waals surface area contributed by atoms with Gasteiger partial charge in [0.1, 0.15) is 0 Å². The van der Waals surface area contributed by atoms with Crippen LogP contribution in [0.5, 0.6) is 0 Å². The number of nitrogens with two attached hydrogens (primary N) is 1. The number of hydrogen-bond donors (Lipinski definition) is 2. The number of rotatable bonds is 1. The van der Waals surface area contributed by atoms with Gasteiger partial charge in [0.05, 0.1) is 11.1 Å².